The van der Waals surface area contributed by atoms with Gasteiger partial charge in [-0.25, -0.2) is 0 Å². The number of carboxylic acids is 1. The van der Waals surface area contributed by atoms with Crippen LogP contribution in [0.2, 0.25) is 6.32 Å². The number of hydrogen-bond acceptors (Lipinski definition) is 5. The Bertz CT molecular complexity index is 584. The number of carboxylic acid groups (broad SMARTS) is 1. The van der Waals surface area contributed by atoms with Gasteiger partial charge in [0.15, 0.2) is 0 Å². The van der Waals surface area contributed by atoms with Crippen LogP contribution in [-0.2, 0) is 16.0 Å². The van der Waals surface area contributed by atoms with Crippen molar-refractivity contribution in [3.63, 3.8) is 0 Å². The molecule has 1 amide bonds. The smallest absolute Gasteiger partial charge is 0.451 e. The zero-order valence-corrected chi connectivity index (χ0v) is 14.1. The van der Waals surface area contributed by atoms with Gasteiger partial charge in [-0.15, -0.1) is 0 Å². The summed E-state index contributed by atoms with van der Waals surface area (Å²) in [5, 5.41) is 27.2. The molecule has 2 rings (SSSR count). The van der Waals surface area contributed by atoms with E-state index < -0.39 is 25.0 Å². The van der Waals surface area contributed by atoms with E-state index in [1.54, 1.807) is 0 Å². The van der Waals surface area contributed by atoms with Crippen LogP contribution < -0.4 is 5.73 Å². The molecule has 1 unspecified atom stereocenters. The van der Waals surface area contributed by atoms with E-state index in [9.17, 15) is 14.7 Å². The predicted octanol–water partition coefficient (Wildman–Crippen LogP) is -0.0314. The Hall–Kier alpha value is -1.90. The molecule has 1 aliphatic heterocycles. The highest BCUT2D eigenvalue weighted by atomic mass is 16.4. The number of benzene rings is 1. The Labute approximate surface area is 147 Å². The third kappa shape index (κ3) is 5.56. The van der Waals surface area contributed by atoms with Gasteiger partial charge in [0, 0.05) is 13.1 Å². The lowest BCUT2D eigenvalue weighted by atomic mass is 9.80. The Morgan fingerprint density at radius 1 is 1.24 bits per heavy atom. The molecule has 1 heterocycles. The molecule has 1 saturated heterocycles. The minimum atomic E-state index is -1.39. The average Bonchev–Trinajstić information content (AvgIpc) is 2.99. The molecule has 0 radical (unpaired) electrons. The Morgan fingerprint density at radius 3 is 2.52 bits per heavy atom. The minimum absolute atomic E-state index is 0.156. The summed E-state index contributed by atoms with van der Waals surface area (Å²) >= 11 is 0. The van der Waals surface area contributed by atoms with Crippen molar-refractivity contribution in [1.29, 1.82) is 0 Å². The number of aliphatic carboxylic acids is 1. The molecule has 5 N–H and O–H groups in total. The van der Waals surface area contributed by atoms with Crippen LogP contribution in [0, 0.1) is 11.8 Å². The van der Waals surface area contributed by atoms with Gasteiger partial charge in [0.1, 0.15) is 0 Å². The quantitative estimate of drug-likeness (QED) is 0.489. The van der Waals surface area contributed by atoms with Crippen LogP contribution in [-0.4, -0.2) is 58.2 Å². The van der Waals surface area contributed by atoms with Gasteiger partial charge in [-0.2, -0.15) is 0 Å². The average molecular weight is 348 g/mol. The van der Waals surface area contributed by atoms with Crippen LogP contribution in [0.25, 0.3) is 0 Å². The van der Waals surface area contributed by atoms with Gasteiger partial charge in [0.2, 0.25) is 5.91 Å². The Morgan fingerprint density at radius 2 is 1.92 bits per heavy atom. The molecule has 7 nitrogen and oxygen atoms in total. The summed E-state index contributed by atoms with van der Waals surface area (Å²) in [4.78, 5) is 25.6. The number of rotatable bonds is 8. The van der Waals surface area contributed by atoms with E-state index >= 15 is 0 Å². The highest BCUT2D eigenvalue weighted by molar-refractivity contribution is 6.40. The SMILES string of the molecule is NC(Cc1ccccc1)C(=O)N1C[C@H](CCCB(O)O)[C@H](C(=O)O)C1. The number of nitrogens with two attached hydrogens (primary N) is 1. The maximum absolute atomic E-state index is 12.6. The lowest BCUT2D eigenvalue weighted by Crippen LogP contribution is -2.44. The van der Waals surface area contributed by atoms with Crippen molar-refractivity contribution < 1.29 is 24.7 Å². The molecular formula is C17H25BN2O5. The van der Waals surface area contributed by atoms with Crippen LogP contribution in [0.4, 0.5) is 0 Å². The molecule has 136 valence electrons. The van der Waals surface area contributed by atoms with Crippen molar-refractivity contribution in [1.82, 2.24) is 4.90 Å². The van der Waals surface area contributed by atoms with Crippen molar-refractivity contribution in [2.45, 2.75) is 31.6 Å². The van der Waals surface area contributed by atoms with E-state index in [1.165, 1.54) is 4.90 Å². The Balaban J connectivity index is 1.94. The molecule has 0 aliphatic carbocycles. The van der Waals surface area contributed by atoms with Crippen molar-refractivity contribution in [3.05, 3.63) is 35.9 Å². The standard InChI is InChI=1S/C17H25BN2O5/c19-15(9-12-5-2-1-3-6-12)16(21)20-10-13(7-4-8-18(24)25)14(11-20)17(22)23/h1-3,5-6,13-15,24-25H,4,7-11,19H2,(H,22,23)/t13-,14+,15?/m0/s1. The van der Waals surface area contributed by atoms with Gasteiger partial charge in [-0.05, 0) is 30.6 Å². The first-order chi connectivity index (χ1) is 11.9. The predicted molar refractivity (Wildman–Crippen MR) is 93.5 cm³/mol. The number of nitrogens with zero attached hydrogens (tertiary/aromatic N) is 1. The third-order valence-electron chi connectivity index (χ3n) is 4.72. The third-order valence-corrected chi connectivity index (χ3v) is 4.72. The minimum Gasteiger partial charge on any atom is -0.481 e. The second kappa shape index (κ2) is 8.98. The fraction of sp³-hybridized carbons (Fsp3) is 0.529. The van der Waals surface area contributed by atoms with Crippen LogP contribution in [0.15, 0.2) is 30.3 Å². The van der Waals surface area contributed by atoms with Crippen molar-refractivity contribution in [2.75, 3.05) is 13.1 Å². The maximum Gasteiger partial charge on any atom is 0.451 e. The van der Waals surface area contributed by atoms with E-state index in [0.717, 1.165) is 5.56 Å². The maximum atomic E-state index is 12.6. The van der Waals surface area contributed by atoms with Gasteiger partial charge in [-0.1, -0.05) is 36.8 Å². The van der Waals surface area contributed by atoms with E-state index in [1.807, 2.05) is 30.3 Å². The molecular weight excluding hydrogens is 323 g/mol. The van der Waals surface area contributed by atoms with Gasteiger partial charge in [0.25, 0.3) is 0 Å². The summed E-state index contributed by atoms with van der Waals surface area (Å²) in [5.41, 5.74) is 6.99. The zero-order valence-electron chi connectivity index (χ0n) is 14.1. The molecule has 1 fully saturated rings. The first-order valence-electron chi connectivity index (χ1n) is 8.55. The summed E-state index contributed by atoms with van der Waals surface area (Å²) in [6.45, 7) is 0.503. The molecule has 0 aromatic heterocycles. The molecule has 0 bridgehead atoms. The molecule has 3 atom stereocenters. The van der Waals surface area contributed by atoms with Gasteiger partial charge < -0.3 is 25.8 Å². The van der Waals surface area contributed by atoms with Crippen LogP contribution in [0.1, 0.15) is 18.4 Å². The highest BCUT2D eigenvalue weighted by Gasteiger charge is 2.40. The van der Waals surface area contributed by atoms with Crippen molar-refractivity contribution >= 4 is 19.0 Å². The first kappa shape index (κ1) is 19.4. The molecule has 25 heavy (non-hydrogen) atoms. The lowest BCUT2D eigenvalue weighted by molar-refractivity contribution is -0.142. The monoisotopic (exact) mass is 348 g/mol. The second-order valence-electron chi connectivity index (χ2n) is 6.66. The van der Waals surface area contributed by atoms with Gasteiger partial charge >= 0.3 is 13.1 Å². The molecule has 0 saturated carbocycles. The first-order valence-corrected chi connectivity index (χ1v) is 8.55. The summed E-state index contributed by atoms with van der Waals surface area (Å²) < 4.78 is 0. The van der Waals surface area contributed by atoms with E-state index in [-0.39, 0.29) is 24.7 Å². The normalized spacial score (nSPS) is 21.2. The molecule has 1 aliphatic rings. The number of carbonyl (C=O) groups is 2. The van der Waals surface area contributed by atoms with Crippen LogP contribution in [0.3, 0.4) is 0 Å². The molecule has 1 aromatic carbocycles. The van der Waals surface area contributed by atoms with Crippen molar-refractivity contribution in [2.24, 2.45) is 17.6 Å². The fourth-order valence-corrected chi connectivity index (χ4v) is 3.38. The van der Waals surface area contributed by atoms with Crippen LogP contribution in [0.5, 0.6) is 0 Å². The van der Waals surface area contributed by atoms with E-state index in [0.29, 0.717) is 25.8 Å². The van der Waals surface area contributed by atoms with Gasteiger partial charge in [-0.3, -0.25) is 9.59 Å². The molecule has 1 aromatic rings. The number of hydrogen-bond donors (Lipinski definition) is 4. The van der Waals surface area contributed by atoms with Crippen LogP contribution >= 0.6 is 0 Å². The summed E-state index contributed by atoms with van der Waals surface area (Å²) in [6.07, 6.45) is 1.65. The lowest BCUT2D eigenvalue weighted by Gasteiger charge is -2.21. The van der Waals surface area contributed by atoms with E-state index in [4.69, 9.17) is 15.8 Å². The summed E-state index contributed by atoms with van der Waals surface area (Å²) in [5.74, 6) is -1.99. The molecule has 8 heteroatoms. The number of likely N-dealkylation sites (tertiary alicyclic amines) is 1. The zero-order chi connectivity index (χ0) is 18.4. The number of amides is 1. The molecule has 0 spiro atoms. The fourth-order valence-electron chi connectivity index (χ4n) is 3.38. The Kier molecular flexibility index (Phi) is 6.98. The highest BCUT2D eigenvalue weighted by Crippen LogP contribution is 2.29. The van der Waals surface area contributed by atoms with E-state index in [2.05, 4.69) is 0 Å². The second-order valence-corrected chi connectivity index (χ2v) is 6.66. The topological polar surface area (TPSA) is 124 Å². The van der Waals surface area contributed by atoms with Crippen molar-refractivity contribution in [3.8, 4) is 0 Å². The summed E-state index contributed by atoms with van der Waals surface area (Å²) in [7, 11) is -1.39. The summed E-state index contributed by atoms with van der Waals surface area (Å²) in [6, 6.07) is 8.77. The number of carbonyl (C=O) groups excluding carboxylic acids is 1. The largest absolute Gasteiger partial charge is 0.481 e. The van der Waals surface area contributed by atoms with Gasteiger partial charge in [0.05, 0.1) is 12.0 Å².